The van der Waals surface area contributed by atoms with Crippen molar-refractivity contribution >= 4 is 41.0 Å². The van der Waals surface area contributed by atoms with E-state index in [1.807, 2.05) is 6.07 Å². The molecule has 0 spiro atoms. The monoisotopic (exact) mass is 527 g/mol. The minimum atomic E-state index is -0.892. The fraction of sp³-hybridized carbons (Fsp3) is 0.440. The quantitative estimate of drug-likeness (QED) is 0.422. The number of fused-ring (bicyclic) bond motifs is 1. The minimum Gasteiger partial charge on any atom is -0.349 e. The van der Waals surface area contributed by atoms with Crippen LogP contribution in [0.1, 0.15) is 41.0 Å². The first-order valence-corrected chi connectivity index (χ1v) is 12.5. The van der Waals surface area contributed by atoms with Gasteiger partial charge in [0.25, 0.3) is 5.91 Å². The van der Waals surface area contributed by atoms with Gasteiger partial charge in [-0.05, 0) is 43.0 Å². The van der Waals surface area contributed by atoms with Crippen molar-refractivity contribution in [2.45, 2.75) is 44.3 Å². The smallest absolute Gasteiger partial charge is 0.314 e. The third-order valence-corrected chi connectivity index (χ3v) is 6.83. The average Bonchev–Trinajstić information content (AvgIpc) is 2.90. The van der Waals surface area contributed by atoms with Crippen LogP contribution in [0.3, 0.4) is 0 Å². The predicted molar refractivity (Wildman–Crippen MR) is 137 cm³/mol. The summed E-state index contributed by atoms with van der Waals surface area (Å²) in [5, 5.41) is 11.8. The Morgan fingerprint density at radius 3 is 2.57 bits per heavy atom. The lowest BCUT2D eigenvalue weighted by Gasteiger charge is -2.37. The molecule has 3 atom stereocenters. The molecule has 0 radical (unpaired) electrons. The Labute approximate surface area is 219 Å². The second-order valence-corrected chi connectivity index (χ2v) is 9.88. The number of hydrogen-bond donors (Lipinski definition) is 4. The molecule has 2 aliphatic rings. The average molecular weight is 528 g/mol. The van der Waals surface area contributed by atoms with Crippen LogP contribution in [0.2, 0.25) is 5.02 Å². The highest BCUT2D eigenvalue weighted by Gasteiger charge is 2.37. The molecule has 1 aliphatic heterocycles. The number of rotatable bonds is 5. The van der Waals surface area contributed by atoms with Crippen molar-refractivity contribution in [1.82, 2.24) is 30.8 Å². The Bertz CT molecular complexity index is 1190. The number of anilines is 1. The van der Waals surface area contributed by atoms with Crippen LogP contribution in [0.25, 0.3) is 0 Å². The zero-order chi connectivity index (χ0) is 26.5. The van der Waals surface area contributed by atoms with Crippen LogP contribution in [0, 0.1) is 5.92 Å². The fourth-order valence-electron chi connectivity index (χ4n) is 4.66. The normalized spacial score (nSPS) is 20.8. The Morgan fingerprint density at radius 2 is 1.84 bits per heavy atom. The number of pyridine rings is 2. The third-order valence-electron chi connectivity index (χ3n) is 6.60. The molecular formula is C25H30ClN7O4. The number of aromatic nitrogens is 2. The lowest BCUT2D eigenvalue weighted by Crippen LogP contribution is -2.57. The number of nitrogens with one attached hydrogen (secondary N) is 4. The largest absolute Gasteiger partial charge is 0.349 e. The lowest BCUT2D eigenvalue weighted by atomic mass is 9.81. The second kappa shape index (κ2) is 11.7. The van der Waals surface area contributed by atoms with Crippen LogP contribution in [-0.2, 0) is 27.3 Å². The van der Waals surface area contributed by atoms with E-state index in [1.54, 1.807) is 26.2 Å². The van der Waals surface area contributed by atoms with Gasteiger partial charge in [-0.1, -0.05) is 17.7 Å². The van der Waals surface area contributed by atoms with Crippen molar-refractivity contribution in [2.24, 2.45) is 5.92 Å². The third kappa shape index (κ3) is 6.60. The van der Waals surface area contributed by atoms with Crippen molar-refractivity contribution in [3.8, 4) is 0 Å². The Morgan fingerprint density at radius 1 is 1.03 bits per heavy atom. The Kier molecular flexibility index (Phi) is 8.34. The van der Waals surface area contributed by atoms with Crippen LogP contribution in [-0.4, -0.2) is 71.2 Å². The van der Waals surface area contributed by atoms with Gasteiger partial charge in [-0.25, -0.2) is 9.97 Å². The van der Waals surface area contributed by atoms with E-state index in [1.165, 1.54) is 17.2 Å². The van der Waals surface area contributed by atoms with E-state index in [9.17, 15) is 19.2 Å². The number of amides is 4. The maximum atomic E-state index is 13.1. The van der Waals surface area contributed by atoms with Crippen LogP contribution in [0.15, 0.2) is 30.5 Å². The van der Waals surface area contributed by atoms with Crippen LogP contribution < -0.4 is 21.3 Å². The molecule has 3 heterocycles. The van der Waals surface area contributed by atoms with E-state index in [-0.39, 0.29) is 23.3 Å². The van der Waals surface area contributed by atoms with E-state index >= 15 is 0 Å². The first kappa shape index (κ1) is 26.5. The number of halogens is 1. The van der Waals surface area contributed by atoms with Crippen molar-refractivity contribution in [2.75, 3.05) is 26.0 Å². The molecule has 12 heteroatoms. The lowest BCUT2D eigenvalue weighted by molar-refractivity contribution is -0.137. The maximum Gasteiger partial charge on any atom is 0.314 e. The van der Waals surface area contributed by atoms with Gasteiger partial charge >= 0.3 is 11.8 Å². The van der Waals surface area contributed by atoms with E-state index < -0.39 is 29.8 Å². The second-order valence-electron chi connectivity index (χ2n) is 9.45. The molecule has 196 valence electrons. The maximum absolute atomic E-state index is 13.1. The van der Waals surface area contributed by atoms with Crippen LogP contribution in [0.4, 0.5) is 5.82 Å². The van der Waals surface area contributed by atoms with E-state index in [2.05, 4.69) is 31.2 Å². The highest BCUT2D eigenvalue weighted by atomic mass is 35.5. The Hall–Kier alpha value is -3.57. The van der Waals surface area contributed by atoms with Crippen molar-refractivity contribution in [3.05, 3.63) is 52.4 Å². The zero-order valence-electron chi connectivity index (χ0n) is 20.7. The molecule has 4 amide bonds. The molecule has 1 saturated carbocycles. The molecule has 0 saturated heterocycles. The van der Waals surface area contributed by atoms with Gasteiger partial charge < -0.3 is 26.2 Å². The number of carbonyl (C=O) groups is 4. The summed E-state index contributed by atoms with van der Waals surface area (Å²) < 4.78 is 0. The number of hydrogen-bond acceptors (Lipinski definition) is 7. The summed E-state index contributed by atoms with van der Waals surface area (Å²) in [7, 11) is 3.37. The molecule has 0 unspecified atom stereocenters. The van der Waals surface area contributed by atoms with Crippen molar-refractivity contribution in [1.29, 1.82) is 0 Å². The van der Waals surface area contributed by atoms with Gasteiger partial charge in [0, 0.05) is 57.5 Å². The first-order valence-electron chi connectivity index (χ1n) is 12.2. The minimum absolute atomic E-state index is 0.0463. The van der Waals surface area contributed by atoms with Gasteiger partial charge in [0.1, 0.15) is 11.5 Å². The summed E-state index contributed by atoms with van der Waals surface area (Å²) in [5.74, 6) is -2.33. The van der Waals surface area contributed by atoms with E-state index in [0.29, 0.717) is 30.8 Å². The summed E-state index contributed by atoms with van der Waals surface area (Å²) >= 11 is 5.81. The van der Waals surface area contributed by atoms with Gasteiger partial charge in [0.05, 0.1) is 11.1 Å². The van der Waals surface area contributed by atoms with Crippen LogP contribution >= 0.6 is 11.6 Å². The van der Waals surface area contributed by atoms with Gasteiger partial charge in [-0.3, -0.25) is 19.2 Å². The number of carbonyl (C=O) groups excluding carboxylic acids is 4. The fourth-order valence-corrected chi connectivity index (χ4v) is 4.77. The topological polar surface area (TPSA) is 145 Å². The van der Waals surface area contributed by atoms with Crippen LogP contribution in [0.5, 0.6) is 0 Å². The molecule has 37 heavy (non-hydrogen) atoms. The van der Waals surface area contributed by atoms with Crippen molar-refractivity contribution in [3.63, 3.8) is 0 Å². The van der Waals surface area contributed by atoms with E-state index in [0.717, 1.165) is 24.2 Å². The molecule has 0 aromatic carbocycles. The predicted octanol–water partition coefficient (Wildman–Crippen LogP) is 0.886. The molecule has 2 aromatic rings. The Balaban J connectivity index is 1.46. The van der Waals surface area contributed by atoms with Gasteiger partial charge in [0.15, 0.2) is 0 Å². The molecule has 2 aromatic heterocycles. The molecule has 1 aliphatic carbocycles. The molecule has 0 bridgehead atoms. The summed E-state index contributed by atoms with van der Waals surface area (Å²) in [6.07, 6.45) is 3.34. The van der Waals surface area contributed by atoms with E-state index in [4.69, 9.17) is 11.6 Å². The SMILES string of the molecule is CN(C)C(=O)[C@H]1CC[C@H](NC(=O)C(=O)Nc2ccc(Cl)cn2)[C@H](NC(=O)c2ccc3c(n2)CCNC3)C1. The molecule has 11 nitrogen and oxygen atoms in total. The summed E-state index contributed by atoms with van der Waals surface area (Å²) in [4.78, 5) is 61.0. The summed E-state index contributed by atoms with van der Waals surface area (Å²) in [6.45, 7) is 1.51. The summed E-state index contributed by atoms with van der Waals surface area (Å²) in [6, 6.07) is 5.47. The highest BCUT2D eigenvalue weighted by molar-refractivity contribution is 6.39. The molecule has 1 fully saturated rings. The molecule has 4 rings (SSSR count). The van der Waals surface area contributed by atoms with Crippen molar-refractivity contribution < 1.29 is 19.2 Å². The molecule has 4 N–H and O–H groups in total. The van der Waals surface area contributed by atoms with Gasteiger partial charge in [-0.15, -0.1) is 0 Å². The van der Waals surface area contributed by atoms with Gasteiger partial charge in [-0.2, -0.15) is 0 Å². The first-order chi connectivity index (χ1) is 17.7. The number of nitrogens with zero attached hydrogens (tertiary/aromatic N) is 3. The highest BCUT2D eigenvalue weighted by Crippen LogP contribution is 2.27. The summed E-state index contributed by atoms with van der Waals surface area (Å²) in [5.41, 5.74) is 2.22. The standard InChI is InChI=1S/C25H30ClN7O4/c1-33(2)25(37)14-3-6-18(30-23(35)24(36)32-21-8-5-16(26)13-28-21)20(11-14)31-22(34)19-7-4-15-12-27-10-9-17(15)29-19/h4-5,7-8,13-14,18,20,27H,3,6,9-12H2,1-2H3,(H,30,35)(H,31,34)(H,28,32,36)/t14-,18-,20+/m0/s1. The van der Waals surface area contributed by atoms with Gasteiger partial charge in [0.2, 0.25) is 5.91 Å². The zero-order valence-corrected chi connectivity index (χ0v) is 21.5. The molecular weight excluding hydrogens is 498 g/mol.